The summed E-state index contributed by atoms with van der Waals surface area (Å²) in [5.74, 6) is 1.71. The van der Waals surface area contributed by atoms with E-state index in [0.717, 1.165) is 25.9 Å². The van der Waals surface area contributed by atoms with E-state index in [0.29, 0.717) is 42.1 Å². The molecule has 0 radical (unpaired) electrons. The highest BCUT2D eigenvalue weighted by Gasteiger charge is 2.22. The Hall–Kier alpha value is -2.51. The van der Waals surface area contributed by atoms with Crippen molar-refractivity contribution in [3.8, 4) is 11.6 Å². The zero-order chi connectivity index (χ0) is 19.1. The second kappa shape index (κ2) is 9.43. The van der Waals surface area contributed by atoms with Gasteiger partial charge in [0.05, 0.1) is 18.0 Å². The fourth-order valence-electron chi connectivity index (χ4n) is 3.19. The number of nitrogens with two attached hydrogens (primary N) is 2. The first kappa shape index (κ1) is 19.3. The number of piperidine rings is 1. The molecule has 0 amide bonds. The highest BCUT2D eigenvalue weighted by molar-refractivity contribution is 5.70. The minimum Gasteiger partial charge on any atom is -0.489 e. The number of hydrogen-bond acceptors (Lipinski definition) is 7. The van der Waals surface area contributed by atoms with Crippen LogP contribution in [0.2, 0.25) is 0 Å². The molecule has 146 valence electrons. The van der Waals surface area contributed by atoms with Gasteiger partial charge in [-0.25, -0.2) is 4.98 Å². The van der Waals surface area contributed by atoms with Gasteiger partial charge >= 0.3 is 0 Å². The lowest BCUT2D eigenvalue weighted by Crippen LogP contribution is -2.41. The number of nitrogens with zero attached hydrogens (tertiary/aromatic N) is 2. The van der Waals surface area contributed by atoms with Gasteiger partial charge in [-0.1, -0.05) is 12.1 Å². The largest absolute Gasteiger partial charge is 0.489 e. The van der Waals surface area contributed by atoms with Crippen molar-refractivity contribution in [2.45, 2.75) is 18.9 Å². The lowest BCUT2D eigenvalue weighted by atomic mass is 9.97. The van der Waals surface area contributed by atoms with Crippen molar-refractivity contribution in [3.05, 3.63) is 42.6 Å². The number of likely N-dealkylation sites (tertiary alicyclic amines) is 1. The molecule has 0 aliphatic carbocycles. The van der Waals surface area contributed by atoms with Crippen molar-refractivity contribution >= 4 is 11.4 Å². The quantitative estimate of drug-likeness (QED) is 0.606. The van der Waals surface area contributed by atoms with Crippen LogP contribution in [0.3, 0.4) is 0 Å². The number of pyridine rings is 1. The zero-order valence-electron chi connectivity index (χ0n) is 15.5. The van der Waals surface area contributed by atoms with Gasteiger partial charge < -0.3 is 30.9 Å². The van der Waals surface area contributed by atoms with E-state index in [1.165, 1.54) is 0 Å². The summed E-state index contributed by atoms with van der Waals surface area (Å²) >= 11 is 0. The summed E-state index contributed by atoms with van der Waals surface area (Å²) in [4.78, 5) is 6.44. The lowest BCUT2D eigenvalue weighted by Gasteiger charge is -2.32. The Morgan fingerprint density at radius 1 is 1.11 bits per heavy atom. The Labute approximate surface area is 159 Å². The molecule has 1 aliphatic rings. The number of aliphatic hydroxyl groups excluding tert-OH is 1. The fraction of sp³-hybridized carbons (Fsp3) is 0.450. The molecule has 27 heavy (non-hydrogen) atoms. The van der Waals surface area contributed by atoms with Crippen LogP contribution in [0.4, 0.5) is 11.4 Å². The summed E-state index contributed by atoms with van der Waals surface area (Å²) in [7, 11) is 0. The predicted molar refractivity (Wildman–Crippen MR) is 106 cm³/mol. The zero-order valence-corrected chi connectivity index (χ0v) is 15.5. The Morgan fingerprint density at radius 2 is 1.93 bits per heavy atom. The van der Waals surface area contributed by atoms with E-state index >= 15 is 0 Å². The molecule has 0 spiro atoms. The molecule has 1 aromatic heterocycles. The van der Waals surface area contributed by atoms with Crippen LogP contribution >= 0.6 is 0 Å². The van der Waals surface area contributed by atoms with Crippen LogP contribution in [0.15, 0.2) is 42.6 Å². The van der Waals surface area contributed by atoms with E-state index in [-0.39, 0.29) is 6.61 Å². The highest BCUT2D eigenvalue weighted by Crippen LogP contribution is 2.27. The van der Waals surface area contributed by atoms with E-state index in [2.05, 4.69) is 9.88 Å². The third-order valence-corrected chi connectivity index (χ3v) is 4.81. The van der Waals surface area contributed by atoms with Gasteiger partial charge in [0.25, 0.3) is 0 Å². The van der Waals surface area contributed by atoms with Gasteiger partial charge in [-0.15, -0.1) is 0 Å². The molecule has 3 rings (SSSR count). The van der Waals surface area contributed by atoms with Crippen molar-refractivity contribution < 1.29 is 14.6 Å². The number of aliphatic hydroxyl groups is 1. The molecule has 5 N–H and O–H groups in total. The topological polar surface area (TPSA) is 107 Å². The molecule has 7 heteroatoms. The first-order chi connectivity index (χ1) is 13.1. The summed E-state index contributed by atoms with van der Waals surface area (Å²) in [6.45, 7) is 3.33. The first-order valence-electron chi connectivity index (χ1n) is 9.33. The summed E-state index contributed by atoms with van der Waals surface area (Å²) in [5.41, 5.74) is 12.5. The number of nitrogen functional groups attached to an aromatic ring is 2. The summed E-state index contributed by atoms with van der Waals surface area (Å²) in [6.07, 6.45) is 3.25. The Balaban J connectivity index is 1.35. The van der Waals surface area contributed by atoms with Crippen LogP contribution in [0.1, 0.15) is 12.8 Å². The second-order valence-corrected chi connectivity index (χ2v) is 6.95. The summed E-state index contributed by atoms with van der Waals surface area (Å²) < 4.78 is 11.4. The third kappa shape index (κ3) is 5.74. The minimum atomic E-state index is -0.577. The maximum Gasteiger partial charge on any atom is 0.213 e. The maximum atomic E-state index is 10.3. The van der Waals surface area contributed by atoms with Crippen LogP contribution in [-0.2, 0) is 0 Å². The van der Waals surface area contributed by atoms with Gasteiger partial charge in [-0.05, 0) is 50.0 Å². The number of ether oxygens (including phenoxy) is 2. The molecular weight excluding hydrogens is 344 g/mol. The molecule has 2 aromatic rings. The van der Waals surface area contributed by atoms with Crippen molar-refractivity contribution in [1.29, 1.82) is 0 Å². The molecule has 1 atom stereocenters. The van der Waals surface area contributed by atoms with Gasteiger partial charge in [0.2, 0.25) is 5.88 Å². The van der Waals surface area contributed by atoms with E-state index in [4.69, 9.17) is 20.9 Å². The molecule has 1 aromatic carbocycles. The van der Waals surface area contributed by atoms with Gasteiger partial charge in [-0.3, -0.25) is 0 Å². The van der Waals surface area contributed by atoms with Crippen molar-refractivity contribution in [3.63, 3.8) is 0 Å². The summed E-state index contributed by atoms with van der Waals surface area (Å²) in [5, 5.41) is 10.3. The lowest BCUT2D eigenvalue weighted by molar-refractivity contribution is 0.0503. The van der Waals surface area contributed by atoms with Crippen LogP contribution in [0.25, 0.3) is 0 Å². The van der Waals surface area contributed by atoms with E-state index in [1.807, 2.05) is 18.2 Å². The van der Waals surface area contributed by atoms with E-state index in [1.54, 1.807) is 24.4 Å². The standard InChI is InChI=1S/C20H28N4O3/c21-17-4-3-5-18(20(17)22)26-14-16(25)12-24-10-7-15(8-11-24)13-27-19-6-1-2-9-23-19/h1-6,9,15-16,25H,7-8,10-14,21-22H2. The summed E-state index contributed by atoms with van der Waals surface area (Å²) in [6, 6.07) is 10.9. The number of β-amino-alcohol motifs (C(OH)–C–C–N with tert-alkyl or cyclic N) is 1. The number of rotatable bonds is 8. The SMILES string of the molecule is Nc1cccc(OCC(O)CN2CCC(COc3ccccn3)CC2)c1N. The molecule has 1 fully saturated rings. The molecule has 2 heterocycles. The Bertz CT molecular complexity index is 706. The molecule has 1 aliphatic heterocycles. The van der Waals surface area contributed by atoms with Crippen LogP contribution in [0.5, 0.6) is 11.6 Å². The predicted octanol–water partition coefficient (Wildman–Crippen LogP) is 1.78. The van der Waals surface area contributed by atoms with Crippen LogP contribution < -0.4 is 20.9 Å². The Morgan fingerprint density at radius 3 is 2.67 bits per heavy atom. The van der Waals surface area contributed by atoms with E-state index < -0.39 is 6.10 Å². The normalized spacial score (nSPS) is 16.8. The number of benzene rings is 1. The first-order valence-corrected chi connectivity index (χ1v) is 9.33. The fourth-order valence-corrected chi connectivity index (χ4v) is 3.19. The van der Waals surface area contributed by atoms with Crippen molar-refractivity contribution in [2.75, 3.05) is 44.3 Å². The number of aromatic nitrogens is 1. The van der Waals surface area contributed by atoms with Gasteiger partial charge in [0.15, 0.2) is 0 Å². The van der Waals surface area contributed by atoms with Gasteiger partial charge in [0.1, 0.15) is 18.5 Å². The number of para-hydroxylation sites is 1. The van der Waals surface area contributed by atoms with Crippen LogP contribution in [-0.4, -0.2) is 53.9 Å². The number of hydrogen-bond donors (Lipinski definition) is 3. The number of anilines is 2. The second-order valence-electron chi connectivity index (χ2n) is 6.95. The molecular formula is C20H28N4O3. The Kier molecular flexibility index (Phi) is 6.73. The highest BCUT2D eigenvalue weighted by atomic mass is 16.5. The van der Waals surface area contributed by atoms with Gasteiger partial charge in [-0.2, -0.15) is 0 Å². The van der Waals surface area contributed by atoms with Crippen molar-refractivity contribution in [2.24, 2.45) is 5.92 Å². The van der Waals surface area contributed by atoms with Crippen molar-refractivity contribution in [1.82, 2.24) is 9.88 Å². The minimum absolute atomic E-state index is 0.191. The van der Waals surface area contributed by atoms with Crippen LogP contribution in [0, 0.1) is 5.92 Å². The molecule has 0 saturated carbocycles. The molecule has 1 unspecified atom stereocenters. The molecule has 7 nitrogen and oxygen atoms in total. The van der Waals surface area contributed by atoms with Gasteiger partial charge in [0, 0.05) is 18.8 Å². The molecule has 0 bridgehead atoms. The smallest absolute Gasteiger partial charge is 0.213 e. The average Bonchev–Trinajstić information content (AvgIpc) is 2.69. The van der Waals surface area contributed by atoms with E-state index in [9.17, 15) is 5.11 Å². The molecule has 1 saturated heterocycles. The third-order valence-electron chi connectivity index (χ3n) is 4.81. The monoisotopic (exact) mass is 372 g/mol. The maximum absolute atomic E-state index is 10.3. The average molecular weight is 372 g/mol.